The lowest BCUT2D eigenvalue weighted by atomic mass is 9.53. The number of aromatic nitrogens is 4. The first-order valence-electron chi connectivity index (χ1n) is 6.37. The van der Waals surface area contributed by atoms with Gasteiger partial charge in [-0.15, -0.1) is 0 Å². The lowest BCUT2D eigenvalue weighted by Crippen LogP contribution is -2.51. The summed E-state index contributed by atoms with van der Waals surface area (Å²) >= 11 is 5.79. The highest BCUT2D eigenvalue weighted by atomic mass is 35.5. The Hall–Kier alpha value is -1.40. The molecule has 1 spiro atoms. The molecule has 0 unspecified atom stereocenters. The molecule has 4 rings (SSSR count). The Morgan fingerprint density at radius 3 is 2.84 bits per heavy atom. The molecule has 19 heavy (non-hydrogen) atoms. The first-order chi connectivity index (χ1) is 9.06. The monoisotopic (exact) mass is 280 g/mol. The minimum atomic E-state index is -0.161. The van der Waals surface area contributed by atoms with Crippen LogP contribution in [-0.2, 0) is 0 Å². The number of aliphatic hydroxyl groups excluding tert-OH is 1. The second kappa shape index (κ2) is 3.58. The molecule has 7 heteroatoms. The van der Waals surface area contributed by atoms with Crippen molar-refractivity contribution in [2.45, 2.75) is 37.8 Å². The Balaban J connectivity index is 1.70. The number of hydrogen-bond acceptors (Lipinski definition) is 4. The third kappa shape index (κ3) is 1.56. The van der Waals surface area contributed by atoms with E-state index in [9.17, 15) is 9.90 Å². The highest BCUT2D eigenvalue weighted by Crippen LogP contribution is 2.60. The molecule has 2 heterocycles. The molecule has 0 radical (unpaired) electrons. The summed E-state index contributed by atoms with van der Waals surface area (Å²) in [6, 6.07) is 0.153. The van der Waals surface area contributed by atoms with Crippen LogP contribution in [0.4, 0.5) is 0 Å². The smallest absolute Gasteiger partial charge is 0.327 e. The topological polar surface area (TPSA) is 83.8 Å². The van der Waals surface area contributed by atoms with Crippen molar-refractivity contribution in [1.82, 2.24) is 19.5 Å². The average molecular weight is 281 g/mol. The van der Waals surface area contributed by atoms with Gasteiger partial charge in [-0.1, -0.05) is 0 Å². The number of rotatable bonds is 1. The molecular weight excluding hydrogens is 268 g/mol. The van der Waals surface area contributed by atoms with Crippen molar-refractivity contribution in [3.8, 4) is 0 Å². The van der Waals surface area contributed by atoms with Gasteiger partial charge in [-0.2, -0.15) is 4.98 Å². The molecule has 100 valence electrons. The summed E-state index contributed by atoms with van der Waals surface area (Å²) in [5.41, 5.74) is 1.28. The zero-order chi connectivity index (χ0) is 13.2. The fourth-order valence-electron chi connectivity index (χ4n) is 3.63. The van der Waals surface area contributed by atoms with Crippen molar-refractivity contribution in [3.63, 3.8) is 0 Å². The van der Waals surface area contributed by atoms with E-state index in [0.717, 1.165) is 25.7 Å². The van der Waals surface area contributed by atoms with Crippen LogP contribution in [0.1, 0.15) is 31.7 Å². The molecule has 2 aromatic rings. The van der Waals surface area contributed by atoms with E-state index in [-0.39, 0.29) is 28.5 Å². The molecule has 0 saturated heterocycles. The van der Waals surface area contributed by atoms with Gasteiger partial charge in [0.2, 0.25) is 5.28 Å². The number of hydrogen-bond donors (Lipinski definition) is 2. The van der Waals surface area contributed by atoms with E-state index in [1.165, 1.54) is 6.20 Å². The number of aliphatic hydroxyl groups is 1. The Morgan fingerprint density at radius 2 is 2.16 bits per heavy atom. The van der Waals surface area contributed by atoms with Crippen molar-refractivity contribution >= 4 is 22.8 Å². The summed E-state index contributed by atoms with van der Waals surface area (Å²) < 4.78 is 1.68. The van der Waals surface area contributed by atoms with Gasteiger partial charge >= 0.3 is 5.69 Å². The first-order valence-corrected chi connectivity index (χ1v) is 6.75. The molecule has 0 aromatic carbocycles. The molecule has 2 aliphatic rings. The third-order valence-electron chi connectivity index (χ3n) is 4.47. The first kappa shape index (κ1) is 11.4. The number of imidazole rings is 1. The van der Waals surface area contributed by atoms with Crippen molar-refractivity contribution < 1.29 is 5.11 Å². The molecule has 0 bridgehead atoms. The molecule has 2 aliphatic carbocycles. The third-order valence-corrected chi connectivity index (χ3v) is 4.65. The van der Waals surface area contributed by atoms with Crippen LogP contribution in [0.3, 0.4) is 0 Å². The summed E-state index contributed by atoms with van der Waals surface area (Å²) in [4.78, 5) is 22.8. The van der Waals surface area contributed by atoms with Crippen LogP contribution in [0, 0.1) is 5.41 Å². The molecule has 2 N–H and O–H groups in total. The Bertz CT molecular complexity index is 708. The van der Waals surface area contributed by atoms with E-state index in [1.807, 2.05) is 0 Å². The lowest BCUT2D eigenvalue weighted by Gasteiger charge is -2.56. The van der Waals surface area contributed by atoms with Crippen LogP contribution >= 0.6 is 11.6 Å². The maximum absolute atomic E-state index is 12.0. The number of nitrogens with one attached hydrogen (secondary N) is 1. The van der Waals surface area contributed by atoms with Crippen molar-refractivity contribution in [1.29, 1.82) is 0 Å². The Labute approximate surface area is 113 Å². The summed E-state index contributed by atoms with van der Waals surface area (Å²) in [6.45, 7) is 0. The van der Waals surface area contributed by atoms with Gasteiger partial charge < -0.3 is 10.1 Å². The van der Waals surface area contributed by atoms with Gasteiger partial charge in [-0.05, 0) is 42.7 Å². The van der Waals surface area contributed by atoms with E-state index in [0.29, 0.717) is 11.2 Å². The van der Waals surface area contributed by atoms with Gasteiger partial charge in [0.25, 0.3) is 0 Å². The van der Waals surface area contributed by atoms with Gasteiger partial charge in [0.1, 0.15) is 5.52 Å². The van der Waals surface area contributed by atoms with E-state index < -0.39 is 0 Å². The maximum Gasteiger partial charge on any atom is 0.327 e. The normalized spacial score (nSPS) is 33.4. The zero-order valence-electron chi connectivity index (χ0n) is 10.1. The lowest BCUT2D eigenvalue weighted by molar-refractivity contribution is -0.106. The fraction of sp³-hybridized carbons (Fsp3) is 0.583. The Kier molecular flexibility index (Phi) is 2.15. The van der Waals surface area contributed by atoms with Gasteiger partial charge in [-0.25, -0.2) is 9.78 Å². The Morgan fingerprint density at radius 1 is 1.42 bits per heavy atom. The molecule has 0 amide bonds. The minimum absolute atomic E-state index is 0.147. The van der Waals surface area contributed by atoms with Crippen LogP contribution in [-0.4, -0.2) is 30.7 Å². The van der Waals surface area contributed by atoms with E-state index in [2.05, 4.69) is 15.0 Å². The van der Waals surface area contributed by atoms with Crippen molar-refractivity contribution in [3.05, 3.63) is 22.0 Å². The maximum atomic E-state index is 12.0. The quantitative estimate of drug-likeness (QED) is 0.770. The number of H-pyrrole nitrogens is 1. The van der Waals surface area contributed by atoms with E-state index >= 15 is 0 Å². The second-order valence-electron chi connectivity index (χ2n) is 5.80. The predicted molar refractivity (Wildman–Crippen MR) is 69.1 cm³/mol. The van der Waals surface area contributed by atoms with Gasteiger partial charge in [0.15, 0.2) is 5.65 Å². The summed E-state index contributed by atoms with van der Waals surface area (Å²) in [7, 11) is 0. The van der Waals surface area contributed by atoms with Gasteiger partial charge in [-0.3, -0.25) is 4.57 Å². The van der Waals surface area contributed by atoms with Crippen LogP contribution in [0.25, 0.3) is 11.2 Å². The van der Waals surface area contributed by atoms with Gasteiger partial charge in [0, 0.05) is 6.04 Å². The zero-order valence-corrected chi connectivity index (χ0v) is 10.9. The molecule has 0 atom stereocenters. The number of fused-ring (bicyclic) bond motifs is 1. The van der Waals surface area contributed by atoms with Crippen molar-refractivity contribution in [2.24, 2.45) is 5.41 Å². The molecule has 6 nitrogen and oxygen atoms in total. The molecule has 0 aliphatic heterocycles. The van der Waals surface area contributed by atoms with Crippen LogP contribution in [0.15, 0.2) is 11.0 Å². The fourth-order valence-corrected chi connectivity index (χ4v) is 3.76. The van der Waals surface area contributed by atoms with E-state index in [4.69, 9.17) is 11.6 Å². The highest BCUT2D eigenvalue weighted by Gasteiger charge is 2.53. The molecule has 2 fully saturated rings. The van der Waals surface area contributed by atoms with Crippen molar-refractivity contribution in [2.75, 3.05) is 0 Å². The average Bonchev–Trinajstić information content (AvgIpc) is 2.57. The molecule has 2 aromatic heterocycles. The summed E-state index contributed by atoms with van der Waals surface area (Å²) in [6.07, 6.45) is 4.95. The largest absolute Gasteiger partial charge is 0.393 e. The summed E-state index contributed by atoms with van der Waals surface area (Å²) in [5.74, 6) is 0. The standard InChI is InChI=1S/C12H13ClN4O2/c13-10-14-5-8-9(16-10)17(11(19)15-8)6-1-12(2-6)3-7(18)4-12/h5-7,18H,1-4H2,(H,15,19). The highest BCUT2D eigenvalue weighted by molar-refractivity contribution is 6.28. The minimum Gasteiger partial charge on any atom is -0.393 e. The number of halogens is 1. The SMILES string of the molecule is O=c1[nH]c2cnc(Cl)nc2n1C1CC2(CC(O)C2)C1. The number of aromatic amines is 1. The molecular formula is C12H13ClN4O2. The summed E-state index contributed by atoms with van der Waals surface area (Å²) in [5, 5.41) is 9.56. The van der Waals surface area contributed by atoms with Crippen LogP contribution in [0.2, 0.25) is 5.28 Å². The van der Waals surface area contributed by atoms with Gasteiger partial charge in [0.05, 0.1) is 12.3 Å². The van der Waals surface area contributed by atoms with Crippen LogP contribution in [0.5, 0.6) is 0 Å². The predicted octanol–water partition coefficient (Wildman–Crippen LogP) is 1.25. The number of nitrogens with zero attached hydrogens (tertiary/aromatic N) is 3. The molecule has 2 saturated carbocycles. The van der Waals surface area contributed by atoms with Crippen LogP contribution < -0.4 is 5.69 Å². The second-order valence-corrected chi connectivity index (χ2v) is 6.14. The van der Waals surface area contributed by atoms with E-state index in [1.54, 1.807) is 4.57 Å².